The molecule has 3 N–H and O–H groups in total. The van der Waals surface area contributed by atoms with E-state index in [2.05, 4.69) is 6.92 Å². The molecule has 0 amide bonds. The number of rotatable bonds is 4. The number of hydrogen-bond acceptors (Lipinski definition) is 3. The summed E-state index contributed by atoms with van der Waals surface area (Å²) in [5.41, 5.74) is 6.14. The average molecular weight is 241 g/mol. The molecule has 0 bridgehead atoms. The zero-order valence-electron chi connectivity index (χ0n) is 11.0. The first-order chi connectivity index (χ1) is 8.16. The SMILES string of the molecule is C[C@@H]1CO[C@H]([C@H](O)C(N)CC2CCCCC2)C1. The predicted octanol–water partition coefficient (Wildman–Crippen LogP) is 2.07. The van der Waals surface area contributed by atoms with Crippen molar-refractivity contribution < 1.29 is 9.84 Å². The fourth-order valence-electron chi connectivity index (χ4n) is 3.28. The van der Waals surface area contributed by atoms with Crippen molar-refractivity contribution in [3.05, 3.63) is 0 Å². The molecule has 17 heavy (non-hydrogen) atoms. The zero-order valence-corrected chi connectivity index (χ0v) is 11.0. The molecule has 1 aliphatic carbocycles. The van der Waals surface area contributed by atoms with Crippen LogP contribution in [0.3, 0.4) is 0 Å². The lowest BCUT2D eigenvalue weighted by Gasteiger charge is -2.29. The second-order valence-electron chi connectivity index (χ2n) is 6.11. The van der Waals surface area contributed by atoms with Crippen LogP contribution in [-0.4, -0.2) is 30.0 Å². The van der Waals surface area contributed by atoms with E-state index in [1.165, 1.54) is 32.1 Å². The van der Waals surface area contributed by atoms with Crippen LogP contribution < -0.4 is 5.73 Å². The van der Waals surface area contributed by atoms with Crippen LogP contribution in [0.4, 0.5) is 0 Å². The first-order valence-corrected chi connectivity index (χ1v) is 7.22. The summed E-state index contributed by atoms with van der Waals surface area (Å²) in [4.78, 5) is 0. The monoisotopic (exact) mass is 241 g/mol. The van der Waals surface area contributed by atoms with Crippen LogP contribution in [-0.2, 0) is 4.74 Å². The van der Waals surface area contributed by atoms with Crippen molar-refractivity contribution in [1.29, 1.82) is 0 Å². The quantitative estimate of drug-likeness (QED) is 0.792. The Bertz CT molecular complexity index is 228. The van der Waals surface area contributed by atoms with Crippen LogP contribution in [0.2, 0.25) is 0 Å². The number of nitrogens with two attached hydrogens (primary N) is 1. The van der Waals surface area contributed by atoms with Crippen LogP contribution in [0.25, 0.3) is 0 Å². The van der Waals surface area contributed by atoms with Crippen LogP contribution in [0, 0.1) is 11.8 Å². The van der Waals surface area contributed by atoms with Crippen molar-refractivity contribution in [3.63, 3.8) is 0 Å². The summed E-state index contributed by atoms with van der Waals surface area (Å²) < 4.78 is 5.61. The van der Waals surface area contributed by atoms with Gasteiger partial charge in [-0.05, 0) is 24.7 Å². The molecule has 100 valence electrons. The highest BCUT2D eigenvalue weighted by Gasteiger charge is 2.33. The fourth-order valence-corrected chi connectivity index (χ4v) is 3.28. The molecule has 1 saturated carbocycles. The first-order valence-electron chi connectivity index (χ1n) is 7.22. The second kappa shape index (κ2) is 6.17. The van der Waals surface area contributed by atoms with Gasteiger partial charge in [0.25, 0.3) is 0 Å². The Hall–Kier alpha value is -0.120. The summed E-state index contributed by atoms with van der Waals surface area (Å²) in [7, 11) is 0. The number of aliphatic hydroxyl groups is 1. The maximum absolute atomic E-state index is 10.2. The van der Waals surface area contributed by atoms with Crippen molar-refractivity contribution in [2.75, 3.05) is 6.61 Å². The second-order valence-corrected chi connectivity index (χ2v) is 6.11. The summed E-state index contributed by atoms with van der Waals surface area (Å²) in [5, 5.41) is 10.2. The van der Waals surface area contributed by atoms with Gasteiger partial charge in [-0.1, -0.05) is 39.0 Å². The lowest BCUT2D eigenvalue weighted by Crippen LogP contribution is -2.44. The van der Waals surface area contributed by atoms with Crippen molar-refractivity contribution in [2.24, 2.45) is 17.6 Å². The summed E-state index contributed by atoms with van der Waals surface area (Å²) in [5.74, 6) is 1.30. The van der Waals surface area contributed by atoms with E-state index in [9.17, 15) is 5.11 Å². The van der Waals surface area contributed by atoms with Gasteiger partial charge in [0.15, 0.2) is 0 Å². The molecule has 1 heterocycles. The van der Waals surface area contributed by atoms with Gasteiger partial charge in [0.05, 0.1) is 12.2 Å². The summed E-state index contributed by atoms with van der Waals surface area (Å²) in [6.07, 6.45) is 8.07. The first kappa shape index (κ1) is 13.3. The van der Waals surface area contributed by atoms with Gasteiger partial charge in [-0.15, -0.1) is 0 Å². The largest absolute Gasteiger partial charge is 0.389 e. The Kier molecular flexibility index (Phi) is 4.83. The normalized spacial score (nSPS) is 34.8. The molecule has 0 aromatic carbocycles. The molecule has 1 unspecified atom stereocenters. The van der Waals surface area contributed by atoms with Gasteiger partial charge in [-0.25, -0.2) is 0 Å². The Labute approximate surface area is 105 Å². The number of ether oxygens (including phenoxy) is 1. The Morgan fingerprint density at radius 2 is 2.00 bits per heavy atom. The lowest BCUT2D eigenvalue weighted by molar-refractivity contribution is -0.0187. The topological polar surface area (TPSA) is 55.5 Å². The third-order valence-electron chi connectivity index (χ3n) is 4.38. The highest BCUT2D eigenvalue weighted by atomic mass is 16.5. The standard InChI is InChI=1S/C14H27NO2/c1-10-7-13(17-9-10)14(16)12(15)8-11-5-3-2-4-6-11/h10-14,16H,2-9,15H2,1H3/t10-,12?,13-,14+/m0/s1. The molecule has 2 rings (SSSR count). The summed E-state index contributed by atoms with van der Waals surface area (Å²) in [6.45, 7) is 2.94. The van der Waals surface area contributed by atoms with Gasteiger partial charge in [0.1, 0.15) is 0 Å². The van der Waals surface area contributed by atoms with Gasteiger partial charge < -0.3 is 15.6 Å². The van der Waals surface area contributed by atoms with E-state index >= 15 is 0 Å². The third kappa shape index (κ3) is 3.67. The molecular weight excluding hydrogens is 214 g/mol. The smallest absolute Gasteiger partial charge is 0.0952 e. The molecular formula is C14H27NO2. The van der Waals surface area contributed by atoms with Crippen LogP contribution >= 0.6 is 0 Å². The Morgan fingerprint density at radius 3 is 2.59 bits per heavy atom. The van der Waals surface area contributed by atoms with Crippen LogP contribution in [0.15, 0.2) is 0 Å². The van der Waals surface area contributed by atoms with E-state index in [4.69, 9.17) is 10.5 Å². The molecule has 0 radical (unpaired) electrons. The molecule has 1 aliphatic heterocycles. The van der Waals surface area contributed by atoms with Gasteiger partial charge >= 0.3 is 0 Å². The van der Waals surface area contributed by atoms with Crippen molar-refractivity contribution >= 4 is 0 Å². The van der Waals surface area contributed by atoms with E-state index in [0.29, 0.717) is 5.92 Å². The third-order valence-corrected chi connectivity index (χ3v) is 4.38. The minimum Gasteiger partial charge on any atom is -0.389 e. The molecule has 2 fully saturated rings. The van der Waals surface area contributed by atoms with Crippen molar-refractivity contribution in [1.82, 2.24) is 0 Å². The summed E-state index contributed by atoms with van der Waals surface area (Å²) >= 11 is 0. The molecule has 4 atom stereocenters. The van der Waals surface area contributed by atoms with Crippen molar-refractivity contribution in [2.45, 2.75) is 70.1 Å². The molecule has 0 aromatic rings. The summed E-state index contributed by atoms with van der Waals surface area (Å²) in [6, 6.07) is -0.103. The average Bonchev–Trinajstić information content (AvgIpc) is 2.76. The minimum atomic E-state index is -0.470. The van der Waals surface area contributed by atoms with Crippen LogP contribution in [0.1, 0.15) is 51.9 Å². The van der Waals surface area contributed by atoms with Crippen LogP contribution in [0.5, 0.6) is 0 Å². The maximum atomic E-state index is 10.2. The Balaban J connectivity index is 1.76. The van der Waals surface area contributed by atoms with Gasteiger partial charge in [-0.3, -0.25) is 0 Å². The van der Waals surface area contributed by atoms with E-state index in [-0.39, 0.29) is 12.1 Å². The molecule has 3 nitrogen and oxygen atoms in total. The molecule has 3 heteroatoms. The molecule has 0 spiro atoms. The van der Waals surface area contributed by atoms with E-state index in [1.807, 2.05) is 0 Å². The predicted molar refractivity (Wildman–Crippen MR) is 68.7 cm³/mol. The van der Waals surface area contributed by atoms with Gasteiger partial charge in [0.2, 0.25) is 0 Å². The highest BCUT2D eigenvalue weighted by molar-refractivity contribution is 4.86. The minimum absolute atomic E-state index is 0.0245. The van der Waals surface area contributed by atoms with Gasteiger partial charge in [-0.2, -0.15) is 0 Å². The van der Waals surface area contributed by atoms with E-state index in [1.54, 1.807) is 0 Å². The van der Waals surface area contributed by atoms with Crippen molar-refractivity contribution in [3.8, 4) is 0 Å². The molecule has 0 aromatic heterocycles. The molecule has 2 aliphatic rings. The van der Waals surface area contributed by atoms with E-state index in [0.717, 1.165) is 25.4 Å². The van der Waals surface area contributed by atoms with Gasteiger partial charge in [0, 0.05) is 12.6 Å². The van der Waals surface area contributed by atoms with E-state index < -0.39 is 6.10 Å². The maximum Gasteiger partial charge on any atom is 0.0952 e. The zero-order chi connectivity index (χ0) is 12.3. The lowest BCUT2D eigenvalue weighted by atomic mass is 9.83. The number of hydrogen-bond donors (Lipinski definition) is 2. The highest BCUT2D eigenvalue weighted by Crippen LogP contribution is 2.29. The number of aliphatic hydroxyl groups excluding tert-OH is 1. The Morgan fingerprint density at radius 1 is 1.29 bits per heavy atom. The molecule has 1 saturated heterocycles. The fraction of sp³-hybridized carbons (Fsp3) is 1.00.